The summed E-state index contributed by atoms with van der Waals surface area (Å²) in [5.74, 6) is 1.44. The van der Waals surface area contributed by atoms with Crippen LogP contribution in [0.5, 0.6) is 0 Å². The van der Waals surface area contributed by atoms with Gasteiger partial charge in [0.05, 0.1) is 5.60 Å². The molecule has 0 saturated carbocycles. The molecule has 0 bridgehead atoms. The molecule has 0 spiro atoms. The van der Waals surface area contributed by atoms with Crippen molar-refractivity contribution < 1.29 is 9.90 Å². The Morgan fingerprint density at radius 1 is 1.40 bits per heavy atom. The first-order chi connectivity index (χ1) is 9.24. The number of hydrogen-bond acceptors (Lipinski definition) is 3. The van der Waals surface area contributed by atoms with E-state index in [2.05, 4.69) is 13.0 Å². The van der Waals surface area contributed by atoms with Gasteiger partial charge in [-0.3, -0.25) is 4.79 Å². The lowest BCUT2D eigenvalue weighted by Crippen LogP contribution is -2.18. The molecule has 1 N–H and O–H groups in total. The van der Waals surface area contributed by atoms with E-state index in [1.165, 1.54) is 11.8 Å². The molecule has 0 heterocycles. The highest BCUT2D eigenvalue weighted by molar-refractivity contribution is 8.14. The Morgan fingerprint density at radius 3 is 2.60 bits per heavy atom. The van der Waals surface area contributed by atoms with Crippen molar-refractivity contribution in [1.82, 2.24) is 0 Å². The van der Waals surface area contributed by atoms with Crippen LogP contribution < -0.4 is 0 Å². The minimum absolute atomic E-state index is 0.132. The second-order valence-corrected chi connectivity index (χ2v) is 7.36. The molecule has 0 aliphatic heterocycles. The molecule has 0 aliphatic rings. The average molecular weight is 298 g/mol. The van der Waals surface area contributed by atoms with Crippen LogP contribution in [0.2, 0.25) is 0 Å². The molecule has 3 heteroatoms. The van der Waals surface area contributed by atoms with Gasteiger partial charge in [-0.2, -0.15) is 0 Å². The van der Waals surface area contributed by atoms with Crippen LogP contribution in [0.1, 0.15) is 60.3 Å². The van der Waals surface area contributed by atoms with E-state index in [0.717, 1.165) is 37.0 Å². The second kappa shape index (κ2) is 10.2. The maximum atomic E-state index is 11.4. The normalized spacial score (nSPS) is 14.8. The lowest BCUT2D eigenvalue weighted by Gasteiger charge is -2.17. The van der Waals surface area contributed by atoms with Crippen molar-refractivity contribution in [1.29, 1.82) is 0 Å². The lowest BCUT2D eigenvalue weighted by molar-refractivity contribution is -0.107. The molecule has 0 aromatic rings. The molecule has 116 valence electrons. The Balaban J connectivity index is 3.96. The fourth-order valence-electron chi connectivity index (χ4n) is 1.91. The van der Waals surface area contributed by atoms with Crippen LogP contribution >= 0.6 is 11.8 Å². The number of hydrogen-bond donors (Lipinski definition) is 1. The smallest absolute Gasteiger partial charge is 0.212 e. The first kappa shape index (κ1) is 19.5. The van der Waals surface area contributed by atoms with Crippen molar-refractivity contribution in [3.63, 3.8) is 0 Å². The van der Waals surface area contributed by atoms with Crippen molar-refractivity contribution in [2.24, 2.45) is 5.92 Å². The highest BCUT2D eigenvalue weighted by Crippen LogP contribution is 2.18. The van der Waals surface area contributed by atoms with Crippen LogP contribution in [0.4, 0.5) is 0 Å². The summed E-state index contributed by atoms with van der Waals surface area (Å²) in [6.45, 7) is 9.89. The van der Waals surface area contributed by atoms with Gasteiger partial charge in [0, 0.05) is 0 Å². The van der Waals surface area contributed by atoms with Gasteiger partial charge in [-0.05, 0) is 56.9 Å². The zero-order chi connectivity index (χ0) is 15.6. The minimum atomic E-state index is -0.549. The monoisotopic (exact) mass is 298 g/mol. The lowest BCUT2D eigenvalue weighted by atomic mass is 9.95. The molecular formula is C17H30O2S. The van der Waals surface area contributed by atoms with E-state index >= 15 is 0 Å². The molecule has 0 amide bonds. The highest BCUT2D eigenvalue weighted by atomic mass is 32.2. The fraction of sp³-hybridized carbons (Fsp3) is 0.706. The van der Waals surface area contributed by atoms with E-state index in [0.29, 0.717) is 5.92 Å². The summed E-state index contributed by atoms with van der Waals surface area (Å²) in [6.07, 6.45) is 9.92. The summed E-state index contributed by atoms with van der Waals surface area (Å²) in [5.41, 5.74) is 0.464. The molecular weight excluding hydrogens is 268 g/mol. The van der Waals surface area contributed by atoms with E-state index in [1.807, 2.05) is 33.8 Å². The van der Waals surface area contributed by atoms with Crippen molar-refractivity contribution in [3.05, 3.63) is 23.8 Å². The maximum absolute atomic E-state index is 11.4. The largest absolute Gasteiger partial charge is 0.390 e. The third kappa shape index (κ3) is 12.5. The summed E-state index contributed by atoms with van der Waals surface area (Å²) < 4.78 is 0. The van der Waals surface area contributed by atoms with Gasteiger partial charge in [-0.15, -0.1) is 0 Å². The van der Waals surface area contributed by atoms with Crippen LogP contribution in [0.25, 0.3) is 0 Å². The number of carbonyl (C=O) groups is 1. The Labute approximate surface area is 128 Å². The van der Waals surface area contributed by atoms with Crippen LogP contribution in [-0.4, -0.2) is 21.6 Å². The number of rotatable bonds is 9. The Morgan fingerprint density at radius 2 is 2.05 bits per heavy atom. The molecule has 1 atom stereocenters. The Bertz CT molecular complexity index is 337. The molecule has 1 unspecified atom stereocenters. The molecule has 0 fully saturated rings. The summed E-state index contributed by atoms with van der Waals surface area (Å²) >= 11 is 1.34. The number of carbonyl (C=O) groups excluding carboxylic acids is 1. The molecule has 0 rings (SSSR count). The van der Waals surface area contributed by atoms with E-state index < -0.39 is 5.60 Å². The molecule has 0 aliphatic carbocycles. The van der Waals surface area contributed by atoms with Crippen molar-refractivity contribution in [3.8, 4) is 0 Å². The zero-order valence-electron chi connectivity index (χ0n) is 13.6. The standard InChI is InChI=1S/C17H30O2S/c1-6-20-16(18)13-15(3)10-7-9-14(2)11-8-12-17(4,5)19/h7,10,13-14,19H,6,8-9,11-12H2,1-5H3/b10-7+,15-13+. The SMILES string of the molecule is CCSC(=O)/C=C(C)/C=C/CC(C)CCCC(C)(C)O. The minimum Gasteiger partial charge on any atom is -0.390 e. The third-order valence-corrected chi connectivity index (χ3v) is 3.73. The van der Waals surface area contributed by atoms with E-state index in [1.54, 1.807) is 6.08 Å². The van der Waals surface area contributed by atoms with Gasteiger partial charge in [0.25, 0.3) is 0 Å². The third-order valence-electron chi connectivity index (χ3n) is 3.04. The van der Waals surface area contributed by atoms with Gasteiger partial charge >= 0.3 is 0 Å². The Hall–Kier alpha value is -0.540. The topological polar surface area (TPSA) is 37.3 Å². The van der Waals surface area contributed by atoms with Gasteiger partial charge in [0.2, 0.25) is 5.12 Å². The number of allylic oxidation sites excluding steroid dienone is 3. The van der Waals surface area contributed by atoms with Gasteiger partial charge in [0.1, 0.15) is 0 Å². The molecule has 2 nitrogen and oxygen atoms in total. The first-order valence-electron chi connectivity index (χ1n) is 7.48. The Kier molecular flexibility index (Phi) is 9.95. The molecule has 20 heavy (non-hydrogen) atoms. The predicted octanol–water partition coefficient (Wildman–Crippen LogP) is 4.74. The van der Waals surface area contributed by atoms with E-state index in [4.69, 9.17) is 0 Å². The van der Waals surface area contributed by atoms with Crippen LogP contribution in [0, 0.1) is 5.92 Å². The molecule has 0 aromatic carbocycles. The second-order valence-electron chi connectivity index (χ2n) is 6.09. The van der Waals surface area contributed by atoms with Crippen molar-refractivity contribution >= 4 is 16.9 Å². The summed E-state index contributed by atoms with van der Waals surface area (Å²) in [4.78, 5) is 11.4. The van der Waals surface area contributed by atoms with Crippen LogP contribution in [-0.2, 0) is 4.79 Å². The van der Waals surface area contributed by atoms with Gasteiger partial charge in [-0.25, -0.2) is 0 Å². The van der Waals surface area contributed by atoms with E-state index in [9.17, 15) is 9.90 Å². The average Bonchev–Trinajstić information content (AvgIpc) is 2.27. The fourth-order valence-corrected chi connectivity index (χ4v) is 2.46. The summed E-state index contributed by atoms with van der Waals surface area (Å²) in [7, 11) is 0. The van der Waals surface area contributed by atoms with Gasteiger partial charge in [0.15, 0.2) is 0 Å². The molecule has 0 radical (unpaired) electrons. The van der Waals surface area contributed by atoms with Gasteiger partial charge < -0.3 is 5.11 Å². The van der Waals surface area contributed by atoms with Crippen molar-refractivity contribution in [2.45, 2.75) is 65.9 Å². The maximum Gasteiger partial charge on any atom is 0.212 e. The predicted molar refractivity (Wildman–Crippen MR) is 90.0 cm³/mol. The number of thioether (sulfide) groups is 1. The molecule has 0 aromatic heterocycles. The summed E-state index contributed by atoms with van der Waals surface area (Å²) in [6, 6.07) is 0. The number of aliphatic hydroxyl groups is 1. The first-order valence-corrected chi connectivity index (χ1v) is 8.47. The summed E-state index contributed by atoms with van der Waals surface area (Å²) in [5, 5.41) is 9.78. The van der Waals surface area contributed by atoms with E-state index in [-0.39, 0.29) is 5.12 Å². The van der Waals surface area contributed by atoms with Crippen molar-refractivity contribution in [2.75, 3.05) is 5.75 Å². The molecule has 0 saturated heterocycles. The zero-order valence-corrected chi connectivity index (χ0v) is 14.4. The van der Waals surface area contributed by atoms with Gasteiger partial charge in [-0.1, -0.05) is 50.6 Å². The van der Waals surface area contributed by atoms with Crippen LogP contribution in [0.3, 0.4) is 0 Å². The van der Waals surface area contributed by atoms with Crippen LogP contribution in [0.15, 0.2) is 23.8 Å². The highest BCUT2D eigenvalue weighted by Gasteiger charge is 2.12. The quantitative estimate of drug-likeness (QED) is 0.493.